The Morgan fingerprint density at radius 3 is 2.81 bits per heavy atom. The molecule has 0 bridgehead atoms. The smallest absolute Gasteiger partial charge is 0.362 e. The molecular weight excluding hydrogens is 303 g/mol. The lowest BCUT2D eigenvalue weighted by molar-refractivity contribution is -0.122. The van der Waals surface area contributed by atoms with Crippen LogP contribution in [0.1, 0.15) is 5.76 Å². The molecule has 1 aromatic rings. The molecule has 2 heterocycles. The topological polar surface area (TPSA) is 138 Å². The van der Waals surface area contributed by atoms with Crippen LogP contribution in [0.15, 0.2) is 34.4 Å². The lowest BCUT2D eigenvalue weighted by atomic mass is 9.84. The first kappa shape index (κ1) is 15.2. The van der Waals surface area contributed by atoms with Crippen molar-refractivity contribution >= 4 is 25.7 Å². The van der Waals surface area contributed by atoms with Crippen LogP contribution in [0, 0.1) is 0 Å². The minimum Gasteiger partial charge on any atom is -0.477 e. The van der Waals surface area contributed by atoms with Gasteiger partial charge in [-0.1, -0.05) is 6.08 Å². The Hall–Kier alpha value is -2.22. The summed E-state index contributed by atoms with van der Waals surface area (Å²) in [6.07, 6.45) is 2.50. The van der Waals surface area contributed by atoms with Crippen molar-refractivity contribution in [1.29, 1.82) is 0 Å². The maximum atomic E-state index is 12.0. The average Bonchev–Trinajstić information content (AvgIpc) is 2.85. The average molecular weight is 314 g/mol. The van der Waals surface area contributed by atoms with Gasteiger partial charge >= 0.3 is 13.6 Å². The quantitative estimate of drug-likeness (QED) is 0.532. The standard InChI is InChI=1S/C11H11N2O7P/c1-2-11(5-12-10(15)13-9(11)14)8-7(3-4-19-8)20-6-21(16,17)18/h2-5H,1,6H2,(H,13,14,15)(H2,16,17,18). The fourth-order valence-corrected chi connectivity index (χ4v) is 2.03. The number of ether oxygens (including phenoxy) is 1. The number of hydrogen-bond acceptors (Lipinski definition) is 5. The molecule has 1 atom stereocenters. The molecule has 0 saturated carbocycles. The number of carbonyl (C=O) groups excluding carboxylic acids is 2. The van der Waals surface area contributed by atoms with Gasteiger partial charge in [-0.25, -0.2) is 9.79 Å². The summed E-state index contributed by atoms with van der Waals surface area (Å²) in [4.78, 5) is 44.2. The van der Waals surface area contributed by atoms with Gasteiger partial charge in [0.05, 0.1) is 6.26 Å². The first-order valence-electron chi connectivity index (χ1n) is 5.58. The van der Waals surface area contributed by atoms with Crippen molar-refractivity contribution in [2.24, 2.45) is 4.99 Å². The summed E-state index contributed by atoms with van der Waals surface area (Å²) in [7, 11) is -4.40. The maximum absolute atomic E-state index is 12.0. The van der Waals surface area contributed by atoms with Crippen LogP contribution in [0.2, 0.25) is 0 Å². The third-order valence-electron chi connectivity index (χ3n) is 2.70. The van der Waals surface area contributed by atoms with E-state index in [1.165, 1.54) is 18.4 Å². The van der Waals surface area contributed by atoms with E-state index in [-0.39, 0.29) is 11.5 Å². The van der Waals surface area contributed by atoms with Gasteiger partial charge in [0, 0.05) is 12.3 Å². The lowest BCUT2D eigenvalue weighted by Gasteiger charge is -2.25. The molecule has 0 aromatic carbocycles. The molecule has 0 spiro atoms. The highest BCUT2D eigenvalue weighted by molar-refractivity contribution is 7.51. The van der Waals surface area contributed by atoms with E-state index in [9.17, 15) is 14.2 Å². The highest BCUT2D eigenvalue weighted by atomic mass is 31.2. The predicted molar refractivity (Wildman–Crippen MR) is 70.2 cm³/mol. The molecule has 1 aromatic heterocycles. The van der Waals surface area contributed by atoms with Gasteiger partial charge in [0.15, 0.2) is 23.3 Å². The third-order valence-corrected chi connectivity index (χ3v) is 3.16. The van der Waals surface area contributed by atoms with Crippen molar-refractivity contribution in [3.63, 3.8) is 0 Å². The molecule has 0 radical (unpaired) electrons. The first-order valence-corrected chi connectivity index (χ1v) is 7.38. The highest BCUT2D eigenvalue weighted by Gasteiger charge is 2.44. The molecule has 9 nitrogen and oxygen atoms in total. The Kier molecular flexibility index (Phi) is 3.82. The van der Waals surface area contributed by atoms with Gasteiger partial charge in [-0.2, -0.15) is 0 Å². The van der Waals surface area contributed by atoms with E-state index in [0.717, 1.165) is 6.21 Å². The number of furan rings is 1. The van der Waals surface area contributed by atoms with Crippen LogP contribution in [-0.4, -0.2) is 34.3 Å². The van der Waals surface area contributed by atoms with Crippen LogP contribution in [0.5, 0.6) is 5.75 Å². The molecule has 112 valence electrons. The number of amides is 3. The fourth-order valence-electron chi connectivity index (χ4n) is 1.72. The van der Waals surface area contributed by atoms with Crippen LogP contribution in [0.25, 0.3) is 0 Å². The number of urea groups is 1. The van der Waals surface area contributed by atoms with Crippen molar-refractivity contribution in [2.45, 2.75) is 5.41 Å². The molecule has 1 aliphatic heterocycles. The van der Waals surface area contributed by atoms with Crippen LogP contribution >= 0.6 is 7.60 Å². The zero-order chi connectivity index (χ0) is 15.7. The number of hydrogen-bond donors (Lipinski definition) is 3. The number of rotatable bonds is 5. The van der Waals surface area contributed by atoms with E-state index < -0.39 is 31.3 Å². The molecule has 10 heteroatoms. The Morgan fingerprint density at radius 1 is 1.52 bits per heavy atom. The lowest BCUT2D eigenvalue weighted by Crippen LogP contribution is -2.49. The SMILES string of the molecule is C=CC1(c2occc2OCP(=O)(O)O)C=NC(=O)NC1=O. The van der Waals surface area contributed by atoms with Gasteiger partial charge in [-0.15, -0.1) is 6.58 Å². The molecule has 0 aliphatic carbocycles. The molecule has 21 heavy (non-hydrogen) atoms. The second kappa shape index (κ2) is 5.28. The van der Waals surface area contributed by atoms with Crippen molar-refractivity contribution in [1.82, 2.24) is 5.32 Å². The Balaban J connectivity index is 2.41. The van der Waals surface area contributed by atoms with E-state index in [2.05, 4.69) is 11.6 Å². The highest BCUT2D eigenvalue weighted by Crippen LogP contribution is 2.39. The minimum absolute atomic E-state index is 0.0610. The van der Waals surface area contributed by atoms with E-state index in [4.69, 9.17) is 18.9 Å². The number of imide groups is 1. The van der Waals surface area contributed by atoms with Gasteiger partial charge in [0.1, 0.15) is 0 Å². The van der Waals surface area contributed by atoms with Gasteiger partial charge in [-0.05, 0) is 0 Å². The van der Waals surface area contributed by atoms with Gasteiger partial charge in [-0.3, -0.25) is 14.7 Å². The van der Waals surface area contributed by atoms with E-state index in [0.29, 0.717) is 0 Å². The van der Waals surface area contributed by atoms with Crippen molar-refractivity contribution in [2.75, 3.05) is 6.35 Å². The van der Waals surface area contributed by atoms with E-state index >= 15 is 0 Å². The molecule has 3 N–H and O–H groups in total. The molecule has 1 unspecified atom stereocenters. The van der Waals surface area contributed by atoms with Crippen molar-refractivity contribution in [3.05, 3.63) is 30.7 Å². The summed E-state index contributed by atoms with van der Waals surface area (Å²) in [5, 5.41) is 1.99. The number of carbonyl (C=O) groups is 2. The van der Waals surface area contributed by atoms with Gasteiger partial charge in [0.25, 0.3) is 5.91 Å². The molecule has 1 aliphatic rings. The zero-order valence-electron chi connectivity index (χ0n) is 10.6. The Bertz CT molecular complexity index is 674. The fraction of sp³-hybridized carbons (Fsp3) is 0.182. The first-order chi connectivity index (χ1) is 9.78. The van der Waals surface area contributed by atoms with Crippen molar-refractivity contribution < 1.29 is 33.1 Å². The van der Waals surface area contributed by atoms with Crippen LogP contribution in [0.4, 0.5) is 4.79 Å². The van der Waals surface area contributed by atoms with Crippen LogP contribution in [0.3, 0.4) is 0 Å². The van der Waals surface area contributed by atoms with Gasteiger partial charge in [0.2, 0.25) is 0 Å². The second-order valence-electron chi connectivity index (χ2n) is 4.14. The Morgan fingerprint density at radius 2 is 2.24 bits per heavy atom. The van der Waals surface area contributed by atoms with Crippen LogP contribution in [-0.2, 0) is 14.8 Å². The summed E-state index contributed by atoms with van der Waals surface area (Å²) in [5.74, 6) is -0.901. The number of aliphatic imine (C=N–C) groups is 1. The predicted octanol–water partition coefficient (Wildman–Crippen LogP) is 0.538. The molecule has 2 rings (SSSR count). The monoisotopic (exact) mass is 314 g/mol. The molecule has 0 fully saturated rings. The second-order valence-corrected chi connectivity index (χ2v) is 5.73. The largest absolute Gasteiger partial charge is 0.477 e. The summed E-state index contributed by atoms with van der Waals surface area (Å²) < 4.78 is 21.0. The summed E-state index contributed by atoms with van der Waals surface area (Å²) >= 11 is 0. The summed E-state index contributed by atoms with van der Waals surface area (Å²) in [5.41, 5.74) is -1.60. The summed E-state index contributed by atoms with van der Waals surface area (Å²) in [6.45, 7) is 3.51. The molecule has 3 amide bonds. The van der Waals surface area contributed by atoms with E-state index in [1.54, 1.807) is 0 Å². The maximum Gasteiger partial charge on any atom is 0.362 e. The third kappa shape index (κ3) is 2.94. The van der Waals surface area contributed by atoms with E-state index in [1.807, 2.05) is 5.32 Å². The van der Waals surface area contributed by atoms with Gasteiger partial charge < -0.3 is 18.9 Å². The normalized spacial score (nSPS) is 22.0. The summed E-state index contributed by atoms with van der Waals surface area (Å²) in [6, 6.07) is 0.454. The number of nitrogens with zero attached hydrogens (tertiary/aromatic N) is 1. The molecular formula is C11H11N2O7P. The van der Waals surface area contributed by atoms with Crippen molar-refractivity contribution in [3.8, 4) is 5.75 Å². The Labute approximate surface area is 118 Å². The molecule has 0 saturated heterocycles. The zero-order valence-corrected chi connectivity index (χ0v) is 11.4. The minimum atomic E-state index is -4.40. The van der Waals surface area contributed by atoms with Crippen LogP contribution < -0.4 is 10.1 Å². The number of nitrogens with one attached hydrogen (secondary N) is 1.